The Balaban J connectivity index is 1.44. The summed E-state index contributed by atoms with van der Waals surface area (Å²) in [6.07, 6.45) is -0.286. The number of benzene rings is 3. The molecule has 0 radical (unpaired) electrons. The van der Waals surface area contributed by atoms with E-state index in [0.29, 0.717) is 13.1 Å². The van der Waals surface area contributed by atoms with Gasteiger partial charge in [0.25, 0.3) is 0 Å². The van der Waals surface area contributed by atoms with Crippen LogP contribution < -0.4 is 4.18 Å². The van der Waals surface area contributed by atoms with Gasteiger partial charge in [0, 0.05) is 6.54 Å². The van der Waals surface area contributed by atoms with E-state index in [-0.39, 0.29) is 29.3 Å². The minimum Gasteiger partial charge on any atom is -0.379 e. The average molecular weight is 423 g/mol. The number of morpholine rings is 1. The van der Waals surface area contributed by atoms with Gasteiger partial charge < -0.3 is 13.8 Å². The fraction of sp³-hybridized carbons (Fsp3) is 0.174. The Hall–Kier alpha value is -3.16. The van der Waals surface area contributed by atoms with E-state index in [1.807, 2.05) is 30.3 Å². The number of hydrogen-bond donors (Lipinski definition) is 0. The van der Waals surface area contributed by atoms with Gasteiger partial charge in [-0.2, -0.15) is 8.42 Å². The smallest absolute Gasteiger partial charge is 0.339 e. The van der Waals surface area contributed by atoms with Gasteiger partial charge in [-0.25, -0.2) is 0 Å². The SMILES string of the molecule is O=C1CO[C@@H](c2ccc(OS(=O)(=O)c3ccccc3)cc2)CN1Cc1ccccc1. The minimum absolute atomic E-state index is 0.0120. The molecule has 1 fully saturated rings. The molecule has 0 N–H and O–H groups in total. The molecule has 7 heteroatoms. The molecule has 1 amide bonds. The van der Waals surface area contributed by atoms with Crippen molar-refractivity contribution in [3.63, 3.8) is 0 Å². The summed E-state index contributed by atoms with van der Waals surface area (Å²) in [4.78, 5) is 14.1. The summed E-state index contributed by atoms with van der Waals surface area (Å²) in [6.45, 7) is 0.963. The van der Waals surface area contributed by atoms with Crippen LogP contribution in [0, 0.1) is 0 Å². The molecule has 1 atom stereocenters. The highest BCUT2D eigenvalue weighted by Crippen LogP contribution is 2.27. The van der Waals surface area contributed by atoms with Crippen molar-refractivity contribution in [3.8, 4) is 5.75 Å². The van der Waals surface area contributed by atoms with Crippen molar-refractivity contribution in [3.05, 3.63) is 96.1 Å². The third-order valence-corrected chi connectivity index (χ3v) is 6.11. The first-order valence-corrected chi connectivity index (χ1v) is 10.9. The second kappa shape index (κ2) is 8.69. The van der Waals surface area contributed by atoms with Gasteiger partial charge in [0.15, 0.2) is 0 Å². The van der Waals surface area contributed by atoms with Gasteiger partial charge in [-0.1, -0.05) is 60.7 Å². The van der Waals surface area contributed by atoms with Gasteiger partial charge >= 0.3 is 10.1 Å². The molecule has 3 aromatic carbocycles. The first-order chi connectivity index (χ1) is 14.5. The molecule has 0 aliphatic carbocycles. The van der Waals surface area contributed by atoms with Crippen molar-refractivity contribution in [2.45, 2.75) is 17.5 Å². The number of amides is 1. The standard InChI is InChI=1S/C23H21NO5S/c25-23-17-28-22(16-24(23)15-18-7-3-1-4-8-18)19-11-13-20(14-12-19)29-30(26,27)21-9-5-2-6-10-21/h1-14,22H,15-17H2/t22-/m1/s1. The Kier molecular flexibility index (Phi) is 5.83. The van der Waals surface area contributed by atoms with Gasteiger partial charge in [0.2, 0.25) is 5.91 Å². The van der Waals surface area contributed by atoms with Gasteiger partial charge in [-0.3, -0.25) is 4.79 Å². The van der Waals surface area contributed by atoms with E-state index in [9.17, 15) is 13.2 Å². The first kappa shape index (κ1) is 20.1. The van der Waals surface area contributed by atoms with Crippen molar-refractivity contribution in [1.82, 2.24) is 4.90 Å². The third kappa shape index (κ3) is 4.69. The molecule has 1 saturated heterocycles. The second-order valence-corrected chi connectivity index (χ2v) is 8.53. The largest absolute Gasteiger partial charge is 0.379 e. The normalized spacial score (nSPS) is 17.0. The van der Waals surface area contributed by atoms with Crippen LogP contribution in [0.1, 0.15) is 17.2 Å². The van der Waals surface area contributed by atoms with E-state index in [2.05, 4.69) is 0 Å². The van der Waals surface area contributed by atoms with Crippen molar-refractivity contribution in [1.29, 1.82) is 0 Å². The van der Waals surface area contributed by atoms with Crippen LogP contribution in [0.15, 0.2) is 89.8 Å². The van der Waals surface area contributed by atoms with Gasteiger partial charge in [0.1, 0.15) is 23.4 Å². The van der Waals surface area contributed by atoms with Crippen molar-refractivity contribution in [2.24, 2.45) is 0 Å². The zero-order valence-corrected chi connectivity index (χ0v) is 17.0. The number of hydrogen-bond acceptors (Lipinski definition) is 5. The van der Waals surface area contributed by atoms with E-state index in [1.54, 1.807) is 47.4 Å². The maximum Gasteiger partial charge on any atom is 0.339 e. The summed E-state index contributed by atoms with van der Waals surface area (Å²) in [5, 5.41) is 0. The van der Waals surface area contributed by atoms with Crippen LogP contribution in [-0.4, -0.2) is 32.4 Å². The molecule has 154 valence electrons. The Labute approximate surface area is 175 Å². The first-order valence-electron chi connectivity index (χ1n) is 9.54. The summed E-state index contributed by atoms with van der Waals surface area (Å²) in [7, 11) is -3.89. The molecule has 4 rings (SSSR count). The van der Waals surface area contributed by atoms with E-state index >= 15 is 0 Å². The number of rotatable bonds is 6. The highest BCUT2D eigenvalue weighted by molar-refractivity contribution is 7.87. The Morgan fingerprint density at radius 2 is 1.53 bits per heavy atom. The molecule has 0 bridgehead atoms. The zero-order valence-electron chi connectivity index (χ0n) is 16.2. The Morgan fingerprint density at radius 3 is 2.20 bits per heavy atom. The van der Waals surface area contributed by atoms with E-state index < -0.39 is 10.1 Å². The van der Waals surface area contributed by atoms with Gasteiger partial charge in [0.05, 0.1) is 6.54 Å². The van der Waals surface area contributed by atoms with Crippen LogP contribution in [0.2, 0.25) is 0 Å². The summed E-state index contributed by atoms with van der Waals surface area (Å²) >= 11 is 0. The number of carbonyl (C=O) groups excluding carboxylic acids is 1. The van der Waals surface area contributed by atoms with Crippen LogP contribution in [-0.2, 0) is 26.2 Å². The fourth-order valence-corrected chi connectivity index (χ4v) is 4.23. The van der Waals surface area contributed by atoms with Crippen LogP contribution in [0.4, 0.5) is 0 Å². The maximum absolute atomic E-state index is 12.3. The zero-order chi connectivity index (χ0) is 21.0. The Bertz CT molecular complexity index is 1100. The number of carbonyl (C=O) groups is 1. The van der Waals surface area contributed by atoms with Crippen LogP contribution >= 0.6 is 0 Å². The molecule has 1 aliphatic rings. The van der Waals surface area contributed by atoms with Crippen LogP contribution in [0.5, 0.6) is 5.75 Å². The quantitative estimate of drug-likeness (QED) is 0.567. The molecule has 0 unspecified atom stereocenters. The lowest BCUT2D eigenvalue weighted by molar-refractivity contribution is -0.150. The van der Waals surface area contributed by atoms with Crippen molar-refractivity contribution < 1.29 is 22.1 Å². The molecule has 6 nitrogen and oxygen atoms in total. The molecule has 1 heterocycles. The molecule has 30 heavy (non-hydrogen) atoms. The lowest BCUT2D eigenvalue weighted by atomic mass is 10.1. The molecule has 3 aromatic rings. The van der Waals surface area contributed by atoms with Crippen LogP contribution in [0.3, 0.4) is 0 Å². The predicted molar refractivity (Wildman–Crippen MR) is 111 cm³/mol. The summed E-state index contributed by atoms with van der Waals surface area (Å²) < 4.78 is 35.6. The number of ether oxygens (including phenoxy) is 1. The molecule has 0 aromatic heterocycles. The summed E-state index contributed by atoms with van der Waals surface area (Å²) in [5.74, 6) is 0.166. The second-order valence-electron chi connectivity index (χ2n) is 6.98. The average Bonchev–Trinajstić information content (AvgIpc) is 2.77. The fourth-order valence-electron chi connectivity index (χ4n) is 3.28. The molecule has 0 saturated carbocycles. The monoisotopic (exact) mass is 423 g/mol. The van der Waals surface area contributed by atoms with E-state index in [4.69, 9.17) is 8.92 Å². The highest BCUT2D eigenvalue weighted by Gasteiger charge is 2.27. The molecular weight excluding hydrogens is 402 g/mol. The lowest BCUT2D eigenvalue weighted by Crippen LogP contribution is -2.42. The molecule has 1 aliphatic heterocycles. The molecule has 0 spiro atoms. The van der Waals surface area contributed by atoms with Gasteiger partial charge in [-0.05, 0) is 35.4 Å². The highest BCUT2D eigenvalue weighted by atomic mass is 32.2. The van der Waals surface area contributed by atoms with Crippen LogP contribution in [0.25, 0.3) is 0 Å². The summed E-state index contributed by atoms with van der Waals surface area (Å²) in [5.41, 5.74) is 1.91. The predicted octanol–water partition coefficient (Wildman–Crippen LogP) is 3.55. The molecular formula is C23H21NO5S. The third-order valence-electron chi connectivity index (χ3n) is 4.85. The van der Waals surface area contributed by atoms with E-state index in [0.717, 1.165) is 11.1 Å². The summed E-state index contributed by atoms with van der Waals surface area (Å²) in [6, 6.07) is 24.5. The Morgan fingerprint density at radius 1 is 0.900 bits per heavy atom. The van der Waals surface area contributed by atoms with Crippen molar-refractivity contribution >= 4 is 16.0 Å². The van der Waals surface area contributed by atoms with E-state index in [1.165, 1.54) is 12.1 Å². The maximum atomic E-state index is 12.3. The van der Waals surface area contributed by atoms with Crippen molar-refractivity contribution in [2.75, 3.05) is 13.2 Å². The topological polar surface area (TPSA) is 72.9 Å². The minimum atomic E-state index is -3.89. The van der Waals surface area contributed by atoms with Gasteiger partial charge in [-0.15, -0.1) is 0 Å². The number of nitrogens with zero attached hydrogens (tertiary/aromatic N) is 1. The lowest BCUT2D eigenvalue weighted by Gasteiger charge is -2.33.